The molecular weight excluding hydrogens is 338 g/mol. The molecule has 1 unspecified atom stereocenters. The van der Waals surface area contributed by atoms with E-state index < -0.39 is 0 Å². The Bertz CT molecular complexity index is 826. The topological polar surface area (TPSA) is 49.8 Å². The predicted molar refractivity (Wildman–Crippen MR) is 109 cm³/mol. The first-order valence-electron chi connectivity index (χ1n) is 9.56. The third-order valence-corrected chi connectivity index (χ3v) is 5.10. The molecule has 0 radical (unpaired) electrons. The van der Waals surface area contributed by atoms with Gasteiger partial charge in [-0.2, -0.15) is 0 Å². The van der Waals surface area contributed by atoms with E-state index in [9.17, 15) is 9.90 Å². The summed E-state index contributed by atoms with van der Waals surface area (Å²) in [6.07, 6.45) is 3.38. The molecule has 27 heavy (non-hydrogen) atoms. The number of unbranched alkanes of at least 4 members (excludes halogenated alkanes) is 2. The number of fused-ring (bicyclic) bond motifs is 1. The Morgan fingerprint density at radius 3 is 2.63 bits per heavy atom. The number of aliphatic hydroxyl groups excluding tert-OH is 1. The Balaban J connectivity index is 1.71. The summed E-state index contributed by atoms with van der Waals surface area (Å²) in [5.41, 5.74) is 3.55. The quantitative estimate of drug-likeness (QED) is 0.490. The normalized spacial score (nSPS) is 14.1. The fourth-order valence-corrected chi connectivity index (χ4v) is 3.27. The molecule has 1 aliphatic rings. The number of carbonyl (C=O) groups is 1. The van der Waals surface area contributed by atoms with Gasteiger partial charge in [0.25, 0.3) is 5.91 Å². The smallest absolute Gasteiger partial charge is 0.258 e. The molecule has 0 aliphatic carbocycles. The van der Waals surface area contributed by atoms with Crippen molar-refractivity contribution in [2.45, 2.75) is 45.6 Å². The van der Waals surface area contributed by atoms with Crippen LogP contribution in [0.5, 0.6) is 5.75 Å². The number of aliphatic hydroxyl groups is 1. The lowest BCUT2D eigenvalue weighted by Crippen LogP contribution is -2.22. The molecule has 142 valence electrons. The van der Waals surface area contributed by atoms with Crippen LogP contribution >= 0.6 is 0 Å². The maximum Gasteiger partial charge on any atom is 0.258 e. The summed E-state index contributed by atoms with van der Waals surface area (Å²) in [4.78, 5) is 14.5. The van der Waals surface area contributed by atoms with E-state index in [-0.39, 0.29) is 17.6 Å². The molecule has 0 spiro atoms. The zero-order valence-electron chi connectivity index (χ0n) is 16.1. The first kappa shape index (κ1) is 19.0. The molecule has 1 atom stereocenters. The molecule has 1 heterocycles. The van der Waals surface area contributed by atoms with Crippen LogP contribution < -0.4 is 9.64 Å². The maximum atomic E-state index is 12.8. The molecule has 0 bridgehead atoms. The molecule has 4 nitrogen and oxygen atoms in total. The first-order valence-corrected chi connectivity index (χ1v) is 9.56. The van der Waals surface area contributed by atoms with Gasteiger partial charge in [0.1, 0.15) is 5.75 Å². The van der Waals surface area contributed by atoms with E-state index in [2.05, 4.69) is 13.5 Å². The largest absolute Gasteiger partial charge is 0.512 e. The summed E-state index contributed by atoms with van der Waals surface area (Å²) in [6.45, 7) is 8.91. The average molecular weight is 365 g/mol. The van der Waals surface area contributed by atoms with Crippen molar-refractivity contribution < 1.29 is 14.6 Å². The van der Waals surface area contributed by atoms with Crippen molar-refractivity contribution in [2.24, 2.45) is 0 Å². The highest BCUT2D eigenvalue weighted by Crippen LogP contribution is 2.32. The van der Waals surface area contributed by atoms with Gasteiger partial charge in [0, 0.05) is 17.2 Å². The number of allylic oxidation sites excluding steroid dienone is 1. The van der Waals surface area contributed by atoms with Gasteiger partial charge in [0.2, 0.25) is 0 Å². The van der Waals surface area contributed by atoms with Crippen LogP contribution in [0.4, 0.5) is 5.69 Å². The molecule has 2 aromatic carbocycles. The fourth-order valence-electron chi connectivity index (χ4n) is 3.27. The minimum atomic E-state index is -0.127. The van der Waals surface area contributed by atoms with Gasteiger partial charge in [0.05, 0.1) is 18.9 Å². The zero-order valence-corrected chi connectivity index (χ0v) is 16.1. The van der Waals surface area contributed by atoms with E-state index in [0.29, 0.717) is 13.2 Å². The Labute approximate surface area is 161 Å². The van der Waals surface area contributed by atoms with Gasteiger partial charge in [-0.1, -0.05) is 45.4 Å². The lowest BCUT2D eigenvalue weighted by atomic mass is 9.99. The lowest BCUT2D eigenvalue weighted by molar-refractivity contribution is 0.0996. The van der Waals surface area contributed by atoms with Crippen LogP contribution in [-0.4, -0.2) is 17.6 Å². The molecule has 1 N–H and O–H groups in total. The minimum Gasteiger partial charge on any atom is -0.512 e. The van der Waals surface area contributed by atoms with Crippen LogP contribution in [0.15, 0.2) is 54.8 Å². The van der Waals surface area contributed by atoms with E-state index >= 15 is 0 Å². The van der Waals surface area contributed by atoms with Gasteiger partial charge in [0.15, 0.2) is 0 Å². The number of ether oxygens (including phenoxy) is 1. The van der Waals surface area contributed by atoms with Gasteiger partial charge >= 0.3 is 0 Å². The Kier molecular flexibility index (Phi) is 5.84. The van der Waals surface area contributed by atoms with Gasteiger partial charge in [-0.3, -0.25) is 4.79 Å². The van der Waals surface area contributed by atoms with Gasteiger partial charge < -0.3 is 14.7 Å². The van der Waals surface area contributed by atoms with Crippen molar-refractivity contribution in [3.8, 4) is 5.75 Å². The SMILES string of the molecule is C=C(O)C(C)c1ccc(N2Cc3cc(OCCCCC)ccc3C2=O)cc1. The Morgan fingerprint density at radius 2 is 1.96 bits per heavy atom. The van der Waals surface area contributed by atoms with Crippen LogP contribution in [0, 0.1) is 0 Å². The second-order valence-corrected chi connectivity index (χ2v) is 7.07. The van der Waals surface area contributed by atoms with Crippen molar-refractivity contribution in [1.82, 2.24) is 0 Å². The molecule has 1 aliphatic heterocycles. The summed E-state index contributed by atoms with van der Waals surface area (Å²) in [5.74, 6) is 0.844. The van der Waals surface area contributed by atoms with E-state index in [1.807, 2.05) is 49.4 Å². The summed E-state index contributed by atoms with van der Waals surface area (Å²) in [5, 5.41) is 9.56. The molecule has 2 aromatic rings. The third kappa shape index (κ3) is 4.16. The second kappa shape index (κ2) is 8.30. The highest BCUT2D eigenvalue weighted by molar-refractivity contribution is 6.10. The van der Waals surface area contributed by atoms with E-state index in [4.69, 9.17) is 4.74 Å². The fraction of sp³-hybridized carbons (Fsp3) is 0.348. The van der Waals surface area contributed by atoms with Crippen molar-refractivity contribution in [1.29, 1.82) is 0 Å². The van der Waals surface area contributed by atoms with E-state index in [1.165, 1.54) is 6.42 Å². The number of anilines is 1. The van der Waals surface area contributed by atoms with Crippen LogP contribution in [0.25, 0.3) is 0 Å². The zero-order chi connectivity index (χ0) is 19.4. The Hall–Kier alpha value is -2.75. The summed E-state index contributed by atoms with van der Waals surface area (Å²) >= 11 is 0. The molecule has 1 amide bonds. The molecular formula is C23H27NO3. The minimum absolute atomic E-state index is 0.00917. The predicted octanol–water partition coefficient (Wildman–Crippen LogP) is 5.59. The van der Waals surface area contributed by atoms with Crippen molar-refractivity contribution >= 4 is 11.6 Å². The number of benzene rings is 2. The number of hydrogen-bond acceptors (Lipinski definition) is 3. The summed E-state index contributed by atoms with van der Waals surface area (Å²) < 4.78 is 5.81. The number of carbonyl (C=O) groups excluding carboxylic acids is 1. The number of rotatable bonds is 8. The maximum absolute atomic E-state index is 12.8. The molecule has 4 heteroatoms. The molecule has 0 saturated carbocycles. The first-order chi connectivity index (χ1) is 13.0. The van der Waals surface area contributed by atoms with Crippen LogP contribution in [0.1, 0.15) is 60.5 Å². The van der Waals surface area contributed by atoms with Crippen molar-refractivity contribution in [3.63, 3.8) is 0 Å². The number of nitrogens with zero attached hydrogens (tertiary/aromatic N) is 1. The monoisotopic (exact) mass is 365 g/mol. The number of hydrogen-bond donors (Lipinski definition) is 1. The van der Waals surface area contributed by atoms with Gasteiger partial charge in [-0.15, -0.1) is 0 Å². The number of amides is 1. The summed E-state index contributed by atoms with van der Waals surface area (Å²) in [6, 6.07) is 13.4. The van der Waals surface area contributed by atoms with Crippen molar-refractivity contribution in [3.05, 3.63) is 71.5 Å². The lowest BCUT2D eigenvalue weighted by Gasteiger charge is -2.17. The molecule has 0 fully saturated rings. The molecule has 3 rings (SSSR count). The van der Waals surface area contributed by atoms with Crippen LogP contribution in [0.2, 0.25) is 0 Å². The highest BCUT2D eigenvalue weighted by atomic mass is 16.5. The molecule has 0 aromatic heterocycles. The second-order valence-electron chi connectivity index (χ2n) is 7.07. The Morgan fingerprint density at radius 1 is 1.22 bits per heavy atom. The molecule has 0 saturated heterocycles. The standard InChI is InChI=1S/C23H27NO3/c1-4-5-6-13-27-21-11-12-22-19(14-21)15-24(23(22)26)20-9-7-18(8-10-20)16(2)17(3)25/h7-12,14,16,25H,3-6,13,15H2,1-2H3. The van der Waals surface area contributed by atoms with Crippen LogP contribution in [-0.2, 0) is 6.54 Å². The average Bonchev–Trinajstić information content (AvgIpc) is 3.01. The van der Waals surface area contributed by atoms with Crippen LogP contribution in [0.3, 0.4) is 0 Å². The van der Waals surface area contributed by atoms with Crippen molar-refractivity contribution in [2.75, 3.05) is 11.5 Å². The summed E-state index contributed by atoms with van der Waals surface area (Å²) in [7, 11) is 0. The van der Waals surface area contributed by atoms with E-state index in [0.717, 1.165) is 41.0 Å². The third-order valence-electron chi connectivity index (χ3n) is 5.10. The van der Waals surface area contributed by atoms with Gasteiger partial charge in [-0.25, -0.2) is 0 Å². The van der Waals surface area contributed by atoms with Gasteiger partial charge in [-0.05, 0) is 47.9 Å². The highest BCUT2D eigenvalue weighted by Gasteiger charge is 2.28. The van der Waals surface area contributed by atoms with E-state index in [1.54, 1.807) is 4.90 Å².